The quantitative estimate of drug-likeness (QED) is 0.226. The van der Waals surface area contributed by atoms with Gasteiger partial charge >= 0.3 is 0 Å². The number of nitrogens with one attached hydrogen (secondary N) is 1. The van der Waals surface area contributed by atoms with E-state index in [0.29, 0.717) is 5.84 Å². The van der Waals surface area contributed by atoms with E-state index >= 15 is 0 Å². The summed E-state index contributed by atoms with van der Waals surface area (Å²) in [5, 5.41) is 10.6. The molecule has 4 nitrogen and oxygen atoms in total. The van der Waals surface area contributed by atoms with E-state index in [-0.39, 0.29) is 6.17 Å². The van der Waals surface area contributed by atoms with Gasteiger partial charge in [0.05, 0.1) is 0 Å². The van der Waals surface area contributed by atoms with Crippen LogP contribution in [0.4, 0.5) is 0 Å². The lowest BCUT2D eigenvalue weighted by atomic mass is 9.97. The highest BCUT2D eigenvalue weighted by Gasteiger charge is 2.25. The summed E-state index contributed by atoms with van der Waals surface area (Å²) in [6, 6.07) is 52.8. The molecule has 0 spiro atoms. The zero-order valence-corrected chi connectivity index (χ0v) is 24.3. The van der Waals surface area contributed by atoms with Gasteiger partial charge in [-0.2, -0.15) is 0 Å². The van der Waals surface area contributed by atoms with Crippen LogP contribution in [0.5, 0.6) is 0 Å². The lowest BCUT2D eigenvalue weighted by molar-refractivity contribution is 0.663. The molecule has 0 saturated carbocycles. The van der Waals surface area contributed by atoms with Gasteiger partial charge in [0.2, 0.25) is 0 Å². The fraction of sp³-hybridized carbons (Fsp3) is 0.0244. The van der Waals surface area contributed by atoms with Crippen LogP contribution in [-0.2, 0) is 0 Å². The molecule has 1 aliphatic rings. The number of benzene rings is 7. The third kappa shape index (κ3) is 4.38. The summed E-state index contributed by atoms with van der Waals surface area (Å²) in [5.41, 5.74) is 6.96. The van der Waals surface area contributed by atoms with Crippen molar-refractivity contribution in [3.63, 3.8) is 0 Å². The minimum absolute atomic E-state index is 0.368. The second-order valence-corrected chi connectivity index (χ2v) is 11.5. The molecule has 9 rings (SSSR count). The largest absolute Gasteiger partial charge is 0.455 e. The fourth-order valence-corrected chi connectivity index (χ4v) is 6.50. The number of nitrogens with zero attached hydrogens (tertiary/aromatic N) is 2. The summed E-state index contributed by atoms with van der Waals surface area (Å²) in [6.45, 7) is 0. The number of amidine groups is 2. The molecule has 0 aliphatic carbocycles. The summed E-state index contributed by atoms with van der Waals surface area (Å²) in [6.07, 6.45) is -0.368. The Labute approximate surface area is 260 Å². The molecule has 0 saturated heterocycles. The zero-order valence-electron chi connectivity index (χ0n) is 24.3. The number of hydrogen-bond donors (Lipinski definition) is 1. The lowest BCUT2D eigenvalue weighted by Gasteiger charge is -2.24. The highest BCUT2D eigenvalue weighted by molar-refractivity contribution is 6.15. The Kier molecular flexibility index (Phi) is 5.85. The standard InChI is InChI=1S/C41H27N3O/c1-2-12-28(13-3-1)39-42-40(32-23-21-27-11-5-7-15-30(27)25-32)44-41(43-39)35-18-9-19-36-37(35)34-17-8-16-33(38(34)45-36)31-22-20-26-10-4-6-14-29(26)24-31/h1-25,41H,(H,42,43,44). The SMILES string of the molecule is c1ccc(C2=NC(c3cccc4oc5c(-c6ccc7ccccc7c6)cccc5c34)NC(c3ccc4ccccc4c3)=N2)cc1. The van der Waals surface area contributed by atoms with Gasteiger partial charge in [0.25, 0.3) is 0 Å². The highest BCUT2D eigenvalue weighted by atomic mass is 16.3. The van der Waals surface area contributed by atoms with E-state index in [2.05, 4.69) is 133 Å². The maximum absolute atomic E-state index is 6.65. The third-order valence-corrected chi connectivity index (χ3v) is 8.71. The van der Waals surface area contributed by atoms with Crippen LogP contribution in [0, 0.1) is 0 Å². The number of fused-ring (bicyclic) bond motifs is 5. The average molecular weight is 578 g/mol. The van der Waals surface area contributed by atoms with E-state index in [1.165, 1.54) is 21.5 Å². The summed E-state index contributed by atoms with van der Waals surface area (Å²) in [5.74, 6) is 1.49. The van der Waals surface area contributed by atoms with Gasteiger partial charge in [-0.1, -0.05) is 133 Å². The van der Waals surface area contributed by atoms with Crippen molar-refractivity contribution in [1.82, 2.24) is 5.32 Å². The van der Waals surface area contributed by atoms with Crippen LogP contribution in [-0.4, -0.2) is 11.7 Å². The van der Waals surface area contributed by atoms with Crippen LogP contribution in [0.2, 0.25) is 0 Å². The van der Waals surface area contributed by atoms with Gasteiger partial charge in [-0.25, -0.2) is 9.98 Å². The van der Waals surface area contributed by atoms with Crippen molar-refractivity contribution in [3.8, 4) is 11.1 Å². The summed E-state index contributed by atoms with van der Waals surface area (Å²) >= 11 is 0. The second-order valence-electron chi connectivity index (χ2n) is 11.5. The van der Waals surface area contributed by atoms with Crippen molar-refractivity contribution in [2.45, 2.75) is 6.17 Å². The fourth-order valence-electron chi connectivity index (χ4n) is 6.50. The first kappa shape index (κ1) is 25.5. The molecule has 1 aromatic heterocycles. The van der Waals surface area contributed by atoms with E-state index in [1.54, 1.807) is 0 Å². The molecule has 1 atom stereocenters. The molecule has 212 valence electrons. The molecule has 2 heterocycles. The minimum atomic E-state index is -0.368. The van der Waals surface area contributed by atoms with Crippen molar-refractivity contribution in [2.24, 2.45) is 9.98 Å². The lowest BCUT2D eigenvalue weighted by Crippen LogP contribution is -2.33. The minimum Gasteiger partial charge on any atom is -0.455 e. The molecule has 7 aromatic carbocycles. The Hall–Kier alpha value is -6.00. The predicted octanol–water partition coefficient (Wildman–Crippen LogP) is 10.1. The average Bonchev–Trinajstić information content (AvgIpc) is 3.51. The molecule has 1 N–H and O–H groups in total. The first-order valence-electron chi connectivity index (χ1n) is 15.2. The summed E-state index contributed by atoms with van der Waals surface area (Å²) < 4.78 is 6.65. The molecule has 4 heteroatoms. The van der Waals surface area contributed by atoms with Gasteiger partial charge in [0.1, 0.15) is 23.2 Å². The zero-order chi connectivity index (χ0) is 29.7. The molecular formula is C41H27N3O. The summed E-state index contributed by atoms with van der Waals surface area (Å²) in [4.78, 5) is 10.2. The van der Waals surface area contributed by atoms with Gasteiger partial charge in [-0.3, -0.25) is 0 Å². The Morgan fingerprint density at radius 2 is 1.20 bits per heavy atom. The molecule has 1 aliphatic heterocycles. The number of furan rings is 1. The second kappa shape index (κ2) is 10.3. The van der Waals surface area contributed by atoms with E-state index in [4.69, 9.17) is 14.4 Å². The highest BCUT2D eigenvalue weighted by Crippen LogP contribution is 2.40. The van der Waals surface area contributed by atoms with Gasteiger partial charge in [-0.15, -0.1) is 0 Å². The van der Waals surface area contributed by atoms with Crippen LogP contribution in [0.3, 0.4) is 0 Å². The topological polar surface area (TPSA) is 49.9 Å². The molecule has 8 aromatic rings. The third-order valence-electron chi connectivity index (χ3n) is 8.71. The Bertz CT molecular complexity index is 2470. The first-order valence-corrected chi connectivity index (χ1v) is 15.2. The maximum Gasteiger partial charge on any atom is 0.159 e. The number of aliphatic imine (C=N–C) groups is 2. The maximum atomic E-state index is 6.65. The molecule has 0 amide bonds. The van der Waals surface area contributed by atoms with Crippen LogP contribution in [0.25, 0.3) is 54.6 Å². The van der Waals surface area contributed by atoms with Gasteiger partial charge in [0.15, 0.2) is 5.84 Å². The van der Waals surface area contributed by atoms with Crippen molar-refractivity contribution < 1.29 is 4.42 Å². The smallest absolute Gasteiger partial charge is 0.159 e. The van der Waals surface area contributed by atoms with Crippen LogP contribution in [0.15, 0.2) is 166 Å². The molecule has 1 unspecified atom stereocenters. The Morgan fingerprint density at radius 3 is 1.98 bits per heavy atom. The Morgan fingerprint density at radius 1 is 0.533 bits per heavy atom. The van der Waals surface area contributed by atoms with E-state index in [0.717, 1.165) is 55.6 Å². The van der Waals surface area contributed by atoms with Gasteiger partial charge < -0.3 is 9.73 Å². The van der Waals surface area contributed by atoms with Crippen LogP contribution < -0.4 is 5.32 Å². The van der Waals surface area contributed by atoms with Crippen molar-refractivity contribution in [2.75, 3.05) is 0 Å². The monoisotopic (exact) mass is 577 g/mol. The van der Waals surface area contributed by atoms with Gasteiger partial charge in [-0.05, 0) is 45.3 Å². The molecule has 0 radical (unpaired) electrons. The number of hydrogen-bond acceptors (Lipinski definition) is 4. The van der Waals surface area contributed by atoms with Crippen molar-refractivity contribution in [3.05, 3.63) is 168 Å². The first-order chi connectivity index (χ1) is 22.3. The van der Waals surface area contributed by atoms with Crippen LogP contribution in [0.1, 0.15) is 22.9 Å². The summed E-state index contributed by atoms with van der Waals surface area (Å²) in [7, 11) is 0. The van der Waals surface area contributed by atoms with Crippen molar-refractivity contribution >= 4 is 55.2 Å². The Balaban J connectivity index is 1.21. The van der Waals surface area contributed by atoms with E-state index in [9.17, 15) is 0 Å². The normalized spacial score (nSPS) is 14.9. The molecule has 0 bridgehead atoms. The number of rotatable bonds is 4. The number of para-hydroxylation sites is 1. The van der Waals surface area contributed by atoms with E-state index in [1.807, 2.05) is 24.3 Å². The molecular weight excluding hydrogens is 550 g/mol. The molecule has 0 fully saturated rings. The van der Waals surface area contributed by atoms with E-state index < -0.39 is 0 Å². The molecule has 45 heavy (non-hydrogen) atoms. The van der Waals surface area contributed by atoms with Crippen molar-refractivity contribution in [1.29, 1.82) is 0 Å². The van der Waals surface area contributed by atoms with Crippen LogP contribution >= 0.6 is 0 Å². The predicted molar refractivity (Wildman–Crippen MR) is 186 cm³/mol. The van der Waals surface area contributed by atoms with Gasteiger partial charge in [0, 0.05) is 33.0 Å².